The molecule has 0 saturated heterocycles. The van der Waals surface area contributed by atoms with Gasteiger partial charge in [0.05, 0.1) is 4.88 Å². The van der Waals surface area contributed by atoms with Crippen LogP contribution in [0.3, 0.4) is 0 Å². The van der Waals surface area contributed by atoms with E-state index in [1.54, 1.807) is 6.07 Å². The molecule has 0 bridgehead atoms. The molecule has 1 aromatic heterocycles. The molecule has 1 heterocycles. The van der Waals surface area contributed by atoms with Crippen molar-refractivity contribution in [2.45, 2.75) is 0 Å². The van der Waals surface area contributed by atoms with Crippen molar-refractivity contribution in [3.05, 3.63) is 22.4 Å². The Balaban J connectivity index is 2.77. The molecule has 1 aromatic rings. The Bertz CT molecular complexity index is 197. The van der Waals surface area contributed by atoms with Crippen LogP contribution in [0.5, 0.6) is 0 Å². The first-order valence-corrected chi connectivity index (χ1v) is 3.96. The van der Waals surface area contributed by atoms with E-state index in [9.17, 15) is 4.79 Å². The Morgan fingerprint density at radius 1 is 1.78 bits per heavy atom. The maximum Gasteiger partial charge on any atom is 0.271 e. The molecule has 0 aliphatic carbocycles. The second kappa shape index (κ2) is 2.98. The minimum Gasteiger partial charge on any atom is -0.288 e. The zero-order valence-electron chi connectivity index (χ0n) is 4.43. The SMILES string of the molecule is O=C(NBr)c1cccs1. The van der Waals surface area contributed by atoms with Crippen molar-refractivity contribution in [3.63, 3.8) is 0 Å². The van der Waals surface area contributed by atoms with Crippen LogP contribution in [0.2, 0.25) is 0 Å². The highest BCUT2D eigenvalue weighted by molar-refractivity contribution is 9.08. The van der Waals surface area contributed by atoms with E-state index in [0.29, 0.717) is 4.88 Å². The van der Waals surface area contributed by atoms with E-state index >= 15 is 0 Å². The number of nitrogens with one attached hydrogen (secondary N) is 1. The van der Waals surface area contributed by atoms with Crippen LogP contribution in [0.4, 0.5) is 0 Å². The molecule has 0 saturated carbocycles. The summed E-state index contributed by atoms with van der Waals surface area (Å²) in [5, 5.41) is 1.86. The Kier molecular flexibility index (Phi) is 2.24. The van der Waals surface area contributed by atoms with E-state index < -0.39 is 0 Å². The van der Waals surface area contributed by atoms with Crippen LogP contribution < -0.4 is 4.34 Å². The lowest BCUT2D eigenvalue weighted by molar-refractivity contribution is 0.0990. The molecule has 0 aliphatic rings. The Morgan fingerprint density at radius 2 is 2.56 bits per heavy atom. The number of rotatable bonds is 1. The molecule has 0 fully saturated rings. The lowest BCUT2D eigenvalue weighted by Crippen LogP contribution is -2.09. The van der Waals surface area contributed by atoms with Gasteiger partial charge in [0.1, 0.15) is 0 Å². The smallest absolute Gasteiger partial charge is 0.271 e. The van der Waals surface area contributed by atoms with E-state index in [2.05, 4.69) is 20.5 Å². The average Bonchev–Trinajstić information content (AvgIpc) is 2.37. The number of carbonyl (C=O) groups is 1. The molecule has 4 heteroatoms. The van der Waals surface area contributed by atoms with Gasteiger partial charge in [-0.05, 0) is 11.4 Å². The Hall–Kier alpha value is -0.350. The lowest BCUT2D eigenvalue weighted by atomic mass is 10.5. The number of carbonyl (C=O) groups excluding carboxylic acids is 1. The van der Waals surface area contributed by atoms with Gasteiger partial charge in [0.15, 0.2) is 0 Å². The first-order valence-electron chi connectivity index (χ1n) is 2.29. The molecular formula is C5H4BrNOS. The Labute approximate surface area is 65.2 Å². The standard InChI is InChI=1S/C5H4BrNOS/c6-7-5(8)4-2-1-3-9-4/h1-3H,(H,7,8). The molecule has 0 radical (unpaired) electrons. The van der Waals surface area contributed by atoms with Crippen LogP contribution >= 0.6 is 27.5 Å². The molecule has 2 nitrogen and oxygen atoms in total. The fraction of sp³-hybridized carbons (Fsp3) is 0. The number of hydrogen-bond acceptors (Lipinski definition) is 2. The van der Waals surface area contributed by atoms with E-state index in [4.69, 9.17) is 0 Å². The number of halogens is 1. The summed E-state index contributed by atoms with van der Waals surface area (Å²) in [6, 6.07) is 3.60. The molecule has 9 heavy (non-hydrogen) atoms. The maximum atomic E-state index is 10.7. The van der Waals surface area contributed by atoms with Crippen LogP contribution in [-0.2, 0) is 0 Å². The van der Waals surface area contributed by atoms with Crippen LogP contribution in [0.1, 0.15) is 9.67 Å². The van der Waals surface area contributed by atoms with Gasteiger partial charge < -0.3 is 0 Å². The average molecular weight is 206 g/mol. The molecule has 0 aliphatic heterocycles. The molecule has 0 atom stereocenters. The molecule has 0 aromatic carbocycles. The van der Waals surface area contributed by atoms with Crippen molar-refractivity contribution in [1.29, 1.82) is 0 Å². The van der Waals surface area contributed by atoms with Gasteiger partial charge >= 0.3 is 0 Å². The molecular weight excluding hydrogens is 202 g/mol. The van der Waals surface area contributed by atoms with Crippen molar-refractivity contribution < 1.29 is 4.79 Å². The maximum absolute atomic E-state index is 10.7. The summed E-state index contributed by atoms with van der Waals surface area (Å²) >= 11 is 4.26. The van der Waals surface area contributed by atoms with Gasteiger partial charge in [0, 0.05) is 16.1 Å². The highest BCUT2D eigenvalue weighted by Gasteiger charge is 2.01. The van der Waals surface area contributed by atoms with Gasteiger partial charge in [-0.15, -0.1) is 11.3 Å². The minimum absolute atomic E-state index is 0.0926. The van der Waals surface area contributed by atoms with Crippen LogP contribution in [0.25, 0.3) is 0 Å². The Morgan fingerprint density at radius 3 is 3.00 bits per heavy atom. The molecule has 1 amide bonds. The van der Waals surface area contributed by atoms with Gasteiger partial charge in [-0.25, -0.2) is 0 Å². The predicted molar refractivity (Wildman–Crippen MR) is 40.7 cm³/mol. The third-order valence-corrected chi connectivity index (χ3v) is 2.06. The number of thiophene rings is 1. The molecule has 0 unspecified atom stereocenters. The van der Waals surface area contributed by atoms with Gasteiger partial charge in [-0.3, -0.25) is 9.14 Å². The topological polar surface area (TPSA) is 29.1 Å². The largest absolute Gasteiger partial charge is 0.288 e. The van der Waals surface area contributed by atoms with Crippen molar-refractivity contribution in [1.82, 2.24) is 4.34 Å². The van der Waals surface area contributed by atoms with Crippen molar-refractivity contribution in [3.8, 4) is 0 Å². The van der Waals surface area contributed by atoms with E-state index in [-0.39, 0.29) is 5.91 Å². The first-order chi connectivity index (χ1) is 4.34. The zero-order valence-corrected chi connectivity index (χ0v) is 6.83. The summed E-state index contributed by atoms with van der Waals surface area (Å²) in [6.07, 6.45) is 0. The number of hydrogen-bond donors (Lipinski definition) is 1. The highest BCUT2D eigenvalue weighted by atomic mass is 79.9. The van der Waals surface area contributed by atoms with Gasteiger partial charge in [-0.2, -0.15) is 0 Å². The van der Waals surface area contributed by atoms with E-state index in [1.807, 2.05) is 11.4 Å². The summed E-state index contributed by atoms with van der Waals surface area (Å²) in [5.74, 6) is -0.0926. The summed E-state index contributed by atoms with van der Waals surface area (Å²) in [4.78, 5) is 11.4. The first kappa shape index (κ1) is 6.77. The summed E-state index contributed by atoms with van der Waals surface area (Å²) in [7, 11) is 0. The second-order valence-corrected chi connectivity index (χ2v) is 2.75. The monoisotopic (exact) mass is 205 g/mol. The third-order valence-electron chi connectivity index (χ3n) is 0.831. The fourth-order valence-electron chi connectivity index (χ4n) is 0.454. The van der Waals surface area contributed by atoms with Crippen LogP contribution in [-0.4, -0.2) is 5.91 Å². The quantitative estimate of drug-likeness (QED) is 0.697. The third kappa shape index (κ3) is 1.53. The summed E-state index contributed by atoms with van der Waals surface area (Å²) in [5.41, 5.74) is 0. The molecule has 48 valence electrons. The van der Waals surface area contributed by atoms with Gasteiger partial charge in [-0.1, -0.05) is 6.07 Å². The predicted octanol–water partition coefficient (Wildman–Crippen LogP) is 1.79. The fourth-order valence-corrected chi connectivity index (χ4v) is 1.42. The number of amides is 1. The molecule has 0 spiro atoms. The van der Waals surface area contributed by atoms with Crippen LogP contribution in [0.15, 0.2) is 17.5 Å². The van der Waals surface area contributed by atoms with Crippen molar-refractivity contribution in [2.24, 2.45) is 0 Å². The van der Waals surface area contributed by atoms with E-state index in [0.717, 1.165) is 0 Å². The molecule has 1 N–H and O–H groups in total. The zero-order chi connectivity index (χ0) is 6.69. The minimum atomic E-state index is -0.0926. The van der Waals surface area contributed by atoms with Crippen LogP contribution in [0, 0.1) is 0 Å². The highest BCUT2D eigenvalue weighted by Crippen LogP contribution is 2.07. The lowest BCUT2D eigenvalue weighted by Gasteiger charge is -1.88. The summed E-state index contributed by atoms with van der Waals surface area (Å²) < 4.78 is 2.35. The van der Waals surface area contributed by atoms with E-state index in [1.165, 1.54) is 11.3 Å². The van der Waals surface area contributed by atoms with Gasteiger partial charge in [0.2, 0.25) is 0 Å². The second-order valence-electron chi connectivity index (χ2n) is 1.40. The summed E-state index contributed by atoms with van der Waals surface area (Å²) in [6.45, 7) is 0. The van der Waals surface area contributed by atoms with Crippen molar-refractivity contribution >= 4 is 33.4 Å². The van der Waals surface area contributed by atoms with Gasteiger partial charge in [0.25, 0.3) is 5.91 Å². The molecule has 1 rings (SSSR count). The normalized spacial score (nSPS) is 9.00. The van der Waals surface area contributed by atoms with Crippen molar-refractivity contribution in [2.75, 3.05) is 0 Å².